The fourth-order valence-electron chi connectivity index (χ4n) is 7.17. The molecule has 0 aromatic rings. The van der Waals surface area contributed by atoms with Gasteiger partial charge in [-0.2, -0.15) is 0 Å². The van der Waals surface area contributed by atoms with E-state index in [1.807, 2.05) is 0 Å². The van der Waals surface area contributed by atoms with Crippen LogP contribution in [0.25, 0.3) is 0 Å². The Hall–Kier alpha value is 0.627. The standard InChI is InChI=1S/2C12H17.C2H7Si.2ClH.Hf/c2*1-2-5-10-8-11-6-3-4-7-12(11)9-10;1-3-2;;;/h2*8-9H,2-7H2,1H3;3H,1-2H3;2*1H;/q;;;;;+2/p-2. The SMILES string of the molecule is CCCC1=CC2=C(CCCC2)[CH]1[Hf]([Cl])([Cl])([CH]1C(CCC)=CC2=C1CCCC2)[SiH](C)C. The third-order valence-electron chi connectivity index (χ3n) is 8.55. The summed E-state index contributed by atoms with van der Waals surface area (Å²) in [4.78, 5) is 0. The second-order valence-electron chi connectivity index (χ2n) is 10.7. The Morgan fingerprint density at radius 1 is 0.767 bits per heavy atom. The van der Waals surface area contributed by atoms with Crippen molar-refractivity contribution in [2.75, 3.05) is 0 Å². The Balaban J connectivity index is 1.90. The molecule has 2 atom stereocenters. The van der Waals surface area contributed by atoms with Crippen molar-refractivity contribution in [1.29, 1.82) is 0 Å². The molecule has 0 fully saturated rings. The summed E-state index contributed by atoms with van der Waals surface area (Å²) in [6, 6.07) is 0. The average molecular weight is 631 g/mol. The number of rotatable bonds is 7. The van der Waals surface area contributed by atoms with Gasteiger partial charge in [0.1, 0.15) is 0 Å². The van der Waals surface area contributed by atoms with Crippen LogP contribution in [-0.2, 0) is 15.3 Å². The van der Waals surface area contributed by atoms with E-state index in [-0.39, 0.29) is 0 Å². The van der Waals surface area contributed by atoms with Gasteiger partial charge >= 0.3 is 195 Å². The topological polar surface area (TPSA) is 0 Å². The molecule has 0 spiro atoms. The summed E-state index contributed by atoms with van der Waals surface area (Å²) in [5.74, 6) is -1.28. The molecule has 0 bridgehead atoms. The van der Waals surface area contributed by atoms with Crippen LogP contribution in [0.15, 0.2) is 45.6 Å². The predicted octanol–water partition coefficient (Wildman–Crippen LogP) is 9.77. The quantitative estimate of drug-likeness (QED) is 0.246. The third-order valence-corrected chi connectivity index (χ3v) is 81.7. The summed E-state index contributed by atoms with van der Waals surface area (Å²) in [6.07, 6.45) is 20.4. The summed E-state index contributed by atoms with van der Waals surface area (Å²) >= 11 is -4.40. The molecule has 2 unspecified atom stereocenters. The summed E-state index contributed by atoms with van der Waals surface area (Å²) < 4.78 is 0.901. The summed E-state index contributed by atoms with van der Waals surface area (Å²) in [5.41, 5.74) is 10.0. The first kappa shape index (κ1) is 23.8. The molecule has 0 aromatic heterocycles. The predicted molar refractivity (Wildman–Crippen MR) is 135 cm³/mol. The van der Waals surface area contributed by atoms with Crippen molar-refractivity contribution in [2.45, 2.75) is 111 Å². The Morgan fingerprint density at radius 2 is 1.17 bits per heavy atom. The molecule has 4 aliphatic rings. The van der Waals surface area contributed by atoms with Gasteiger partial charge in [-0.05, 0) is 0 Å². The van der Waals surface area contributed by atoms with Crippen LogP contribution in [-0.4, -0.2) is 5.98 Å². The maximum atomic E-state index is 8.34. The van der Waals surface area contributed by atoms with Crippen LogP contribution in [0.3, 0.4) is 0 Å². The number of hydrogen-bond donors (Lipinski definition) is 0. The van der Waals surface area contributed by atoms with Crippen molar-refractivity contribution >= 4 is 23.1 Å². The van der Waals surface area contributed by atoms with Crippen LogP contribution >= 0.6 is 17.2 Å². The fraction of sp³-hybridized carbons (Fsp3) is 0.692. The molecule has 4 heteroatoms. The molecular formula is C26H41Cl2HfSi. The van der Waals surface area contributed by atoms with E-state index in [9.17, 15) is 0 Å². The molecule has 0 saturated heterocycles. The van der Waals surface area contributed by atoms with Gasteiger partial charge in [0.2, 0.25) is 0 Å². The van der Waals surface area contributed by atoms with Gasteiger partial charge in [-0.25, -0.2) is 0 Å². The van der Waals surface area contributed by atoms with E-state index < -0.39 is 21.3 Å². The summed E-state index contributed by atoms with van der Waals surface area (Å²) in [5, 5.41) is 0. The van der Waals surface area contributed by atoms with Crippen LogP contribution in [0.4, 0.5) is 0 Å². The molecule has 0 radical (unpaired) electrons. The number of halogens is 2. The van der Waals surface area contributed by atoms with E-state index in [1.165, 1.54) is 77.0 Å². The minimum absolute atomic E-state index is 0.450. The van der Waals surface area contributed by atoms with Crippen molar-refractivity contribution in [3.8, 4) is 0 Å². The van der Waals surface area contributed by atoms with E-state index in [1.54, 1.807) is 33.4 Å². The zero-order valence-electron chi connectivity index (χ0n) is 19.6. The zero-order chi connectivity index (χ0) is 21.5. The Labute approximate surface area is 194 Å². The van der Waals surface area contributed by atoms with Gasteiger partial charge < -0.3 is 0 Å². The maximum absolute atomic E-state index is 8.34. The summed E-state index contributed by atoms with van der Waals surface area (Å²) in [6.45, 7) is 9.70. The van der Waals surface area contributed by atoms with Gasteiger partial charge in [-0.3, -0.25) is 0 Å². The number of allylic oxidation sites excluding steroid dienone is 8. The van der Waals surface area contributed by atoms with Crippen LogP contribution in [0, 0.1) is 0 Å². The molecule has 4 rings (SSSR count). The first-order valence-corrected chi connectivity index (χ1v) is 34.9. The second kappa shape index (κ2) is 9.11. The van der Waals surface area contributed by atoms with E-state index >= 15 is 0 Å². The van der Waals surface area contributed by atoms with Gasteiger partial charge in [-0.15, -0.1) is 0 Å². The Bertz CT molecular complexity index is 768. The van der Waals surface area contributed by atoms with Crippen molar-refractivity contribution in [1.82, 2.24) is 0 Å². The van der Waals surface area contributed by atoms with Gasteiger partial charge in [0.15, 0.2) is 0 Å². The van der Waals surface area contributed by atoms with E-state index in [4.69, 9.17) is 17.2 Å². The van der Waals surface area contributed by atoms with Crippen molar-refractivity contribution in [3.05, 3.63) is 45.6 Å². The first-order chi connectivity index (χ1) is 14.3. The molecule has 30 heavy (non-hydrogen) atoms. The molecule has 167 valence electrons. The molecular weight excluding hydrogens is 590 g/mol. The number of hydrogen-bond acceptors (Lipinski definition) is 0. The van der Waals surface area contributed by atoms with Gasteiger partial charge in [0.05, 0.1) is 0 Å². The molecule has 0 N–H and O–H groups in total. The van der Waals surface area contributed by atoms with Gasteiger partial charge in [0.25, 0.3) is 0 Å². The van der Waals surface area contributed by atoms with E-state index in [0.717, 1.165) is 0 Å². The van der Waals surface area contributed by atoms with Gasteiger partial charge in [0, 0.05) is 0 Å². The van der Waals surface area contributed by atoms with Crippen molar-refractivity contribution in [2.24, 2.45) is 0 Å². The van der Waals surface area contributed by atoms with Crippen LogP contribution in [0.5, 0.6) is 0 Å². The Kier molecular flexibility index (Phi) is 7.22. The Morgan fingerprint density at radius 3 is 1.53 bits per heavy atom. The van der Waals surface area contributed by atoms with E-state index in [2.05, 4.69) is 39.1 Å². The molecule has 0 heterocycles. The monoisotopic (exact) mass is 631 g/mol. The summed E-state index contributed by atoms with van der Waals surface area (Å²) in [7, 11) is 16.7. The van der Waals surface area contributed by atoms with E-state index in [0.29, 0.717) is 7.35 Å². The molecule has 0 aliphatic heterocycles. The second-order valence-corrected chi connectivity index (χ2v) is 70.0. The van der Waals surface area contributed by atoms with Crippen LogP contribution in [0.1, 0.15) is 90.9 Å². The van der Waals surface area contributed by atoms with Crippen LogP contribution < -0.4 is 0 Å². The molecule has 0 nitrogen and oxygen atoms in total. The molecule has 0 aromatic carbocycles. The van der Waals surface area contributed by atoms with Crippen molar-refractivity contribution < 1.29 is 15.3 Å². The van der Waals surface area contributed by atoms with Crippen molar-refractivity contribution in [3.63, 3.8) is 0 Å². The minimum atomic E-state index is -4.40. The third kappa shape index (κ3) is 3.72. The van der Waals surface area contributed by atoms with Gasteiger partial charge in [-0.1, -0.05) is 0 Å². The molecule has 4 aliphatic carbocycles. The average Bonchev–Trinajstić information content (AvgIpc) is 3.27. The normalized spacial score (nSPS) is 28.3. The first-order valence-electron chi connectivity index (χ1n) is 12.7. The fourth-order valence-corrected chi connectivity index (χ4v) is 53.7. The zero-order valence-corrected chi connectivity index (χ0v) is 25.9. The molecule has 0 saturated carbocycles. The van der Waals surface area contributed by atoms with Crippen LogP contribution in [0.2, 0.25) is 20.4 Å². The molecule has 0 amide bonds.